The summed E-state index contributed by atoms with van der Waals surface area (Å²) in [6.45, 7) is 8.94. The quantitative estimate of drug-likeness (QED) is 0.758. The zero-order valence-electron chi connectivity index (χ0n) is 11.8. The lowest BCUT2D eigenvalue weighted by Gasteiger charge is -2.19. The number of benzene rings is 1. The van der Waals surface area contributed by atoms with E-state index in [4.69, 9.17) is 0 Å². The Kier molecular flexibility index (Phi) is 5.21. The molecule has 0 amide bonds. The lowest BCUT2D eigenvalue weighted by atomic mass is 10.1. The summed E-state index contributed by atoms with van der Waals surface area (Å²) in [5.41, 5.74) is 2.87. The topological polar surface area (TPSA) is 15.3 Å². The van der Waals surface area contributed by atoms with Gasteiger partial charge in [0.25, 0.3) is 0 Å². The molecule has 2 rings (SSSR count). The van der Waals surface area contributed by atoms with E-state index in [0.29, 0.717) is 0 Å². The second-order valence-electron chi connectivity index (χ2n) is 5.34. The summed E-state index contributed by atoms with van der Waals surface area (Å²) in [4.78, 5) is 2.51. The van der Waals surface area contributed by atoms with Gasteiger partial charge in [-0.1, -0.05) is 38.1 Å². The van der Waals surface area contributed by atoms with Crippen LogP contribution < -0.4 is 5.32 Å². The number of rotatable bonds is 8. The largest absolute Gasteiger partial charge is 0.310 e. The summed E-state index contributed by atoms with van der Waals surface area (Å²) < 4.78 is 0. The van der Waals surface area contributed by atoms with Crippen LogP contribution in [0.15, 0.2) is 24.3 Å². The van der Waals surface area contributed by atoms with Crippen molar-refractivity contribution in [3.63, 3.8) is 0 Å². The van der Waals surface area contributed by atoms with Crippen LogP contribution in [0, 0.1) is 0 Å². The molecule has 2 nitrogen and oxygen atoms in total. The molecule has 1 N–H and O–H groups in total. The van der Waals surface area contributed by atoms with Crippen molar-refractivity contribution in [2.45, 2.75) is 52.2 Å². The molecule has 18 heavy (non-hydrogen) atoms. The van der Waals surface area contributed by atoms with Crippen LogP contribution in [0.2, 0.25) is 0 Å². The fourth-order valence-electron chi connectivity index (χ4n) is 2.31. The van der Waals surface area contributed by atoms with E-state index in [9.17, 15) is 0 Å². The Labute approximate surface area is 111 Å². The Balaban J connectivity index is 1.88. The minimum Gasteiger partial charge on any atom is -0.310 e. The molecule has 100 valence electrons. The number of nitrogens with zero attached hydrogens (tertiary/aromatic N) is 1. The molecule has 0 aliphatic heterocycles. The van der Waals surface area contributed by atoms with E-state index < -0.39 is 0 Å². The second kappa shape index (κ2) is 6.91. The standard InChI is InChI=1S/C16H26N2/c1-3-10-18(4-2)13-15-7-5-6-14(11-15)12-17-16-8-9-16/h5-7,11,16-17H,3-4,8-10,12-13H2,1-2H3. The van der Waals surface area contributed by atoms with Crippen LogP contribution in [-0.2, 0) is 13.1 Å². The van der Waals surface area contributed by atoms with Crippen LogP contribution in [0.5, 0.6) is 0 Å². The summed E-state index contributed by atoms with van der Waals surface area (Å²) in [7, 11) is 0. The van der Waals surface area contributed by atoms with E-state index in [1.165, 1.54) is 36.9 Å². The average Bonchev–Trinajstić information content (AvgIpc) is 3.20. The van der Waals surface area contributed by atoms with Crippen molar-refractivity contribution in [2.24, 2.45) is 0 Å². The zero-order valence-corrected chi connectivity index (χ0v) is 11.8. The van der Waals surface area contributed by atoms with Crippen LogP contribution in [0.25, 0.3) is 0 Å². The number of nitrogens with one attached hydrogen (secondary N) is 1. The van der Waals surface area contributed by atoms with Crippen molar-refractivity contribution in [1.82, 2.24) is 10.2 Å². The van der Waals surface area contributed by atoms with Gasteiger partial charge >= 0.3 is 0 Å². The molecule has 1 aliphatic carbocycles. The highest BCUT2D eigenvalue weighted by atomic mass is 15.1. The Hall–Kier alpha value is -0.860. The van der Waals surface area contributed by atoms with Crippen LogP contribution >= 0.6 is 0 Å². The predicted molar refractivity (Wildman–Crippen MR) is 77.5 cm³/mol. The minimum atomic E-state index is 0.792. The van der Waals surface area contributed by atoms with Gasteiger partial charge in [0.2, 0.25) is 0 Å². The van der Waals surface area contributed by atoms with E-state index in [1.807, 2.05) is 0 Å². The summed E-state index contributed by atoms with van der Waals surface area (Å²) in [6, 6.07) is 9.82. The molecule has 0 saturated heterocycles. The Morgan fingerprint density at radius 1 is 1.22 bits per heavy atom. The second-order valence-corrected chi connectivity index (χ2v) is 5.34. The number of hydrogen-bond acceptors (Lipinski definition) is 2. The van der Waals surface area contributed by atoms with Crippen LogP contribution in [0.3, 0.4) is 0 Å². The summed E-state index contributed by atoms with van der Waals surface area (Å²) in [5.74, 6) is 0. The molecule has 1 aromatic rings. The Morgan fingerprint density at radius 2 is 2.00 bits per heavy atom. The molecule has 0 radical (unpaired) electrons. The number of hydrogen-bond donors (Lipinski definition) is 1. The van der Waals surface area contributed by atoms with Gasteiger partial charge in [-0.2, -0.15) is 0 Å². The molecule has 0 atom stereocenters. The molecule has 2 heteroatoms. The van der Waals surface area contributed by atoms with Crippen LogP contribution in [-0.4, -0.2) is 24.0 Å². The van der Waals surface area contributed by atoms with E-state index in [-0.39, 0.29) is 0 Å². The van der Waals surface area contributed by atoms with Crippen molar-refractivity contribution in [1.29, 1.82) is 0 Å². The van der Waals surface area contributed by atoms with Crippen molar-refractivity contribution < 1.29 is 0 Å². The maximum Gasteiger partial charge on any atom is 0.0233 e. The fraction of sp³-hybridized carbons (Fsp3) is 0.625. The lowest BCUT2D eigenvalue weighted by molar-refractivity contribution is 0.280. The lowest BCUT2D eigenvalue weighted by Crippen LogP contribution is -2.23. The highest BCUT2D eigenvalue weighted by Crippen LogP contribution is 2.19. The summed E-state index contributed by atoms with van der Waals surface area (Å²) in [5, 5.41) is 3.58. The molecular weight excluding hydrogens is 220 g/mol. The van der Waals surface area contributed by atoms with Crippen molar-refractivity contribution in [2.75, 3.05) is 13.1 Å². The van der Waals surface area contributed by atoms with Crippen molar-refractivity contribution in [3.05, 3.63) is 35.4 Å². The Bertz CT molecular complexity index is 358. The first-order valence-electron chi connectivity index (χ1n) is 7.35. The maximum atomic E-state index is 3.58. The van der Waals surface area contributed by atoms with Gasteiger partial charge in [-0.25, -0.2) is 0 Å². The van der Waals surface area contributed by atoms with E-state index >= 15 is 0 Å². The van der Waals surface area contributed by atoms with Gasteiger partial charge in [-0.3, -0.25) is 4.90 Å². The molecule has 0 unspecified atom stereocenters. The first kappa shape index (κ1) is 13.6. The van der Waals surface area contributed by atoms with Crippen molar-refractivity contribution in [3.8, 4) is 0 Å². The predicted octanol–water partition coefficient (Wildman–Crippen LogP) is 3.17. The smallest absolute Gasteiger partial charge is 0.0233 e. The molecule has 0 bridgehead atoms. The molecule has 1 aromatic carbocycles. The first-order valence-corrected chi connectivity index (χ1v) is 7.35. The summed E-state index contributed by atoms with van der Waals surface area (Å²) >= 11 is 0. The van der Waals surface area contributed by atoms with E-state index in [1.54, 1.807) is 0 Å². The fourth-order valence-corrected chi connectivity index (χ4v) is 2.31. The molecule has 1 fully saturated rings. The zero-order chi connectivity index (χ0) is 12.8. The normalized spacial score (nSPS) is 15.3. The Morgan fingerprint density at radius 3 is 2.67 bits per heavy atom. The van der Waals surface area contributed by atoms with Gasteiger partial charge in [0.1, 0.15) is 0 Å². The van der Waals surface area contributed by atoms with Gasteiger partial charge < -0.3 is 5.32 Å². The van der Waals surface area contributed by atoms with Gasteiger partial charge in [-0.15, -0.1) is 0 Å². The SMILES string of the molecule is CCCN(CC)Cc1cccc(CNC2CC2)c1. The molecule has 0 spiro atoms. The minimum absolute atomic E-state index is 0.792. The average molecular weight is 246 g/mol. The van der Waals surface area contributed by atoms with E-state index in [0.717, 1.165) is 25.7 Å². The molecular formula is C16H26N2. The molecule has 0 aromatic heterocycles. The third kappa shape index (κ3) is 4.43. The van der Waals surface area contributed by atoms with Crippen molar-refractivity contribution >= 4 is 0 Å². The summed E-state index contributed by atoms with van der Waals surface area (Å²) in [6.07, 6.45) is 3.95. The third-order valence-corrected chi connectivity index (χ3v) is 3.56. The molecule has 1 saturated carbocycles. The highest BCUT2D eigenvalue weighted by molar-refractivity contribution is 5.23. The van der Waals surface area contributed by atoms with Gasteiger partial charge in [0.15, 0.2) is 0 Å². The monoisotopic (exact) mass is 246 g/mol. The maximum absolute atomic E-state index is 3.58. The van der Waals surface area contributed by atoms with Crippen LogP contribution in [0.1, 0.15) is 44.2 Å². The van der Waals surface area contributed by atoms with Gasteiger partial charge in [0.05, 0.1) is 0 Å². The third-order valence-electron chi connectivity index (χ3n) is 3.56. The van der Waals surface area contributed by atoms with Crippen LogP contribution in [0.4, 0.5) is 0 Å². The molecule has 0 heterocycles. The highest BCUT2D eigenvalue weighted by Gasteiger charge is 2.19. The molecule has 1 aliphatic rings. The van der Waals surface area contributed by atoms with Gasteiger partial charge in [-0.05, 0) is 43.5 Å². The van der Waals surface area contributed by atoms with E-state index in [2.05, 4.69) is 48.3 Å². The first-order chi connectivity index (χ1) is 8.81. The van der Waals surface area contributed by atoms with Gasteiger partial charge in [0, 0.05) is 19.1 Å².